The summed E-state index contributed by atoms with van der Waals surface area (Å²) in [6, 6.07) is 4.41. The SMILES string of the molecule is CC(=O)CCC(=O)CNC(=O)c1cccc(C)c1[N+](=O)[O-]. The molecule has 0 radical (unpaired) electrons. The summed E-state index contributed by atoms with van der Waals surface area (Å²) in [5.41, 5.74) is 0.0149. The van der Waals surface area contributed by atoms with Crippen LogP contribution in [0.1, 0.15) is 35.7 Å². The molecule has 0 saturated heterocycles. The Kier molecular flexibility index (Phi) is 5.71. The number of benzene rings is 1. The minimum Gasteiger partial charge on any atom is -0.345 e. The van der Waals surface area contributed by atoms with E-state index in [1.54, 1.807) is 0 Å². The molecule has 7 heteroatoms. The van der Waals surface area contributed by atoms with E-state index in [9.17, 15) is 24.5 Å². The Balaban J connectivity index is 2.73. The number of aryl methyl sites for hydroxylation is 1. The van der Waals surface area contributed by atoms with Crippen molar-refractivity contribution in [2.45, 2.75) is 26.7 Å². The van der Waals surface area contributed by atoms with Crippen LogP contribution in [0.25, 0.3) is 0 Å². The summed E-state index contributed by atoms with van der Waals surface area (Å²) in [5, 5.41) is 13.3. The van der Waals surface area contributed by atoms with Crippen molar-refractivity contribution in [1.29, 1.82) is 0 Å². The predicted molar refractivity (Wildman–Crippen MR) is 75.1 cm³/mol. The topological polar surface area (TPSA) is 106 Å². The molecule has 21 heavy (non-hydrogen) atoms. The molecule has 0 aliphatic heterocycles. The van der Waals surface area contributed by atoms with E-state index >= 15 is 0 Å². The summed E-state index contributed by atoms with van der Waals surface area (Å²) in [7, 11) is 0. The van der Waals surface area contributed by atoms with Gasteiger partial charge in [0.1, 0.15) is 11.3 Å². The number of nitro benzene ring substituents is 1. The Morgan fingerprint density at radius 3 is 2.48 bits per heavy atom. The van der Waals surface area contributed by atoms with Crippen LogP contribution in [0.4, 0.5) is 5.69 Å². The zero-order chi connectivity index (χ0) is 16.0. The summed E-state index contributed by atoms with van der Waals surface area (Å²) in [6.07, 6.45) is 0.171. The number of hydrogen-bond acceptors (Lipinski definition) is 5. The van der Waals surface area contributed by atoms with Gasteiger partial charge in [-0.25, -0.2) is 0 Å². The fraction of sp³-hybridized carbons (Fsp3) is 0.357. The molecule has 1 aromatic rings. The van der Waals surface area contributed by atoms with Crippen LogP contribution in [0.15, 0.2) is 18.2 Å². The maximum Gasteiger partial charge on any atom is 0.285 e. The van der Waals surface area contributed by atoms with E-state index in [1.165, 1.54) is 32.0 Å². The van der Waals surface area contributed by atoms with Crippen LogP contribution in [0.2, 0.25) is 0 Å². The first-order chi connectivity index (χ1) is 9.82. The van der Waals surface area contributed by atoms with Gasteiger partial charge in [0, 0.05) is 18.4 Å². The molecule has 1 rings (SSSR count). The van der Waals surface area contributed by atoms with Crippen LogP contribution in [0, 0.1) is 17.0 Å². The molecule has 1 aromatic carbocycles. The number of rotatable bonds is 7. The maximum absolute atomic E-state index is 11.9. The van der Waals surface area contributed by atoms with Crippen LogP contribution < -0.4 is 5.32 Å². The fourth-order valence-corrected chi connectivity index (χ4v) is 1.76. The lowest BCUT2D eigenvalue weighted by Crippen LogP contribution is -2.30. The number of Topliss-reactive ketones (excluding diaryl/α,β-unsaturated/α-hetero) is 2. The third kappa shape index (κ3) is 4.79. The molecule has 0 atom stereocenters. The number of amides is 1. The van der Waals surface area contributed by atoms with Crippen molar-refractivity contribution in [2.24, 2.45) is 0 Å². The zero-order valence-corrected chi connectivity index (χ0v) is 11.8. The van der Waals surface area contributed by atoms with Crippen LogP contribution in [0.5, 0.6) is 0 Å². The van der Waals surface area contributed by atoms with Crippen LogP contribution in [-0.2, 0) is 9.59 Å². The molecule has 1 amide bonds. The molecule has 7 nitrogen and oxygen atoms in total. The lowest BCUT2D eigenvalue weighted by Gasteiger charge is -2.06. The lowest BCUT2D eigenvalue weighted by atomic mass is 10.1. The molecule has 112 valence electrons. The van der Waals surface area contributed by atoms with Gasteiger partial charge in [-0.3, -0.25) is 19.7 Å². The predicted octanol–water partition coefficient (Wildman–Crippen LogP) is 1.57. The standard InChI is InChI=1S/C14H16N2O5/c1-9-4-3-5-12(13(9)16(20)21)14(19)15-8-11(18)7-6-10(2)17/h3-5H,6-8H2,1-2H3,(H,15,19). The minimum absolute atomic E-state index is 0.0471. The minimum atomic E-state index is -0.679. The van der Waals surface area contributed by atoms with Gasteiger partial charge in [0.2, 0.25) is 0 Å². The monoisotopic (exact) mass is 292 g/mol. The van der Waals surface area contributed by atoms with E-state index in [0.29, 0.717) is 5.56 Å². The first-order valence-electron chi connectivity index (χ1n) is 6.36. The molecule has 0 aliphatic rings. The second-order valence-electron chi connectivity index (χ2n) is 4.65. The number of carbonyl (C=O) groups excluding carboxylic acids is 3. The van der Waals surface area contributed by atoms with Gasteiger partial charge in [-0.15, -0.1) is 0 Å². The molecular weight excluding hydrogens is 276 g/mol. The van der Waals surface area contributed by atoms with Crippen molar-refractivity contribution >= 4 is 23.2 Å². The average Bonchev–Trinajstić information content (AvgIpc) is 2.41. The van der Waals surface area contributed by atoms with Crippen LogP contribution in [0.3, 0.4) is 0 Å². The van der Waals surface area contributed by atoms with Gasteiger partial charge in [-0.1, -0.05) is 12.1 Å². The first-order valence-corrected chi connectivity index (χ1v) is 6.36. The maximum atomic E-state index is 11.9. The highest BCUT2D eigenvalue weighted by Crippen LogP contribution is 2.22. The summed E-state index contributed by atoms with van der Waals surface area (Å²) >= 11 is 0. The van der Waals surface area contributed by atoms with Gasteiger partial charge in [0.25, 0.3) is 11.6 Å². The number of nitrogens with one attached hydrogen (secondary N) is 1. The van der Waals surface area contributed by atoms with E-state index in [1.807, 2.05) is 0 Å². The fourth-order valence-electron chi connectivity index (χ4n) is 1.76. The number of carbonyl (C=O) groups is 3. The van der Waals surface area contributed by atoms with Crippen molar-refractivity contribution in [3.8, 4) is 0 Å². The van der Waals surface area contributed by atoms with Crippen LogP contribution in [-0.4, -0.2) is 28.9 Å². The molecule has 0 aliphatic carbocycles. The van der Waals surface area contributed by atoms with Crippen LogP contribution >= 0.6 is 0 Å². The number of hydrogen-bond donors (Lipinski definition) is 1. The molecule has 0 unspecified atom stereocenters. The van der Waals surface area contributed by atoms with Gasteiger partial charge in [-0.05, 0) is 19.9 Å². The van der Waals surface area contributed by atoms with Gasteiger partial charge >= 0.3 is 0 Å². The van der Waals surface area contributed by atoms with Gasteiger partial charge in [-0.2, -0.15) is 0 Å². The van der Waals surface area contributed by atoms with E-state index < -0.39 is 10.8 Å². The number of ketones is 2. The number of nitro groups is 1. The van der Waals surface area contributed by atoms with Crippen molar-refractivity contribution in [3.05, 3.63) is 39.4 Å². The molecule has 0 aromatic heterocycles. The van der Waals surface area contributed by atoms with Crippen molar-refractivity contribution in [2.75, 3.05) is 6.54 Å². The molecule has 0 saturated carbocycles. The van der Waals surface area contributed by atoms with E-state index in [4.69, 9.17) is 0 Å². The molecule has 0 heterocycles. The molecular formula is C14H16N2O5. The smallest absolute Gasteiger partial charge is 0.285 e. The molecule has 0 spiro atoms. The van der Waals surface area contributed by atoms with Crippen molar-refractivity contribution in [1.82, 2.24) is 5.32 Å². The summed E-state index contributed by atoms with van der Waals surface area (Å²) in [4.78, 5) is 44.5. The molecule has 0 fully saturated rings. The van der Waals surface area contributed by atoms with Gasteiger partial charge in [0.15, 0.2) is 5.78 Å². The second-order valence-corrected chi connectivity index (χ2v) is 4.65. The lowest BCUT2D eigenvalue weighted by molar-refractivity contribution is -0.385. The normalized spacial score (nSPS) is 10.0. The highest BCUT2D eigenvalue weighted by molar-refractivity contribution is 6.00. The Morgan fingerprint density at radius 1 is 1.24 bits per heavy atom. The first kappa shape index (κ1) is 16.5. The zero-order valence-electron chi connectivity index (χ0n) is 11.8. The quantitative estimate of drug-likeness (QED) is 0.606. The summed E-state index contributed by atoms with van der Waals surface area (Å²) in [5.74, 6) is -1.08. The average molecular weight is 292 g/mol. The Morgan fingerprint density at radius 2 is 1.90 bits per heavy atom. The number of nitrogens with zero attached hydrogens (tertiary/aromatic N) is 1. The Bertz CT molecular complexity index is 595. The highest BCUT2D eigenvalue weighted by atomic mass is 16.6. The second kappa shape index (κ2) is 7.28. The largest absolute Gasteiger partial charge is 0.345 e. The highest BCUT2D eigenvalue weighted by Gasteiger charge is 2.22. The van der Waals surface area contributed by atoms with E-state index in [-0.39, 0.29) is 42.2 Å². The third-order valence-corrected chi connectivity index (χ3v) is 2.87. The van der Waals surface area contributed by atoms with Crippen molar-refractivity contribution in [3.63, 3.8) is 0 Å². The van der Waals surface area contributed by atoms with E-state index in [0.717, 1.165) is 0 Å². The number of para-hydroxylation sites is 1. The summed E-state index contributed by atoms with van der Waals surface area (Å²) in [6.45, 7) is 2.66. The third-order valence-electron chi connectivity index (χ3n) is 2.87. The van der Waals surface area contributed by atoms with E-state index in [2.05, 4.69) is 5.32 Å². The molecule has 0 bridgehead atoms. The van der Waals surface area contributed by atoms with Gasteiger partial charge < -0.3 is 10.1 Å². The Hall–Kier alpha value is -2.57. The summed E-state index contributed by atoms with van der Waals surface area (Å²) < 4.78 is 0. The molecule has 1 N–H and O–H groups in total. The Labute approximate surface area is 121 Å². The van der Waals surface area contributed by atoms with Gasteiger partial charge in [0.05, 0.1) is 11.5 Å². The van der Waals surface area contributed by atoms with Crippen molar-refractivity contribution < 1.29 is 19.3 Å².